The standard InChI is InChI=1S/C21H14FN3O2/c22-15-2-1-3-16(11-15)24-21(27)18-12-20(26)25-19-10-14(4-5-17(18)19)13-6-8-23-9-7-13/h1-12H,(H,24,27)(H,25,26). The fourth-order valence-electron chi connectivity index (χ4n) is 2.94. The van der Waals surface area contributed by atoms with E-state index in [0.717, 1.165) is 11.1 Å². The van der Waals surface area contributed by atoms with Crippen LogP contribution in [0, 0.1) is 5.82 Å². The third kappa shape index (κ3) is 3.46. The molecule has 4 rings (SSSR count). The SMILES string of the molecule is O=C(Nc1cccc(F)c1)c1cc(=O)[nH]c2cc(-c3ccncc3)ccc12. The second kappa shape index (κ2) is 6.84. The molecule has 4 aromatic rings. The predicted molar refractivity (Wildman–Crippen MR) is 102 cm³/mol. The minimum absolute atomic E-state index is 0.222. The van der Waals surface area contributed by atoms with Gasteiger partial charge >= 0.3 is 0 Å². The predicted octanol–water partition coefficient (Wildman–Crippen LogP) is 3.98. The molecule has 2 aromatic heterocycles. The van der Waals surface area contributed by atoms with Gasteiger partial charge < -0.3 is 10.3 Å². The fraction of sp³-hybridized carbons (Fsp3) is 0. The van der Waals surface area contributed by atoms with E-state index in [1.807, 2.05) is 24.3 Å². The van der Waals surface area contributed by atoms with Gasteiger partial charge in [-0.1, -0.05) is 18.2 Å². The van der Waals surface area contributed by atoms with Gasteiger partial charge in [-0.05, 0) is 47.5 Å². The largest absolute Gasteiger partial charge is 0.322 e. The van der Waals surface area contributed by atoms with Crippen LogP contribution in [0.4, 0.5) is 10.1 Å². The Balaban J connectivity index is 1.77. The maximum atomic E-state index is 13.3. The van der Waals surface area contributed by atoms with E-state index < -0.39 is 17.3 Å². The molecule has 0 atom stereocenters. The van der Waals surface area contributed by atoms with Gasteiger partial charge in [0.2, 0.25) is 5.56 Å². The van der Waals surface area contributed by atoms with Crippen molar-refractivity contribution < 1.29 is 9.18 Å². The zero-order valence-corrected chi connectivity index (χ0v) is 14.1. The smallest absolute Gasteiger partial charge is 0.256 e. The highest BCUT2D eigenvalue weighted by Gasteiger charge is 2.13. The van der Waals surface area contributed by atoms with Crippen molar-refractivity contribution in [2.24, 2.45) is 0 Å². The van der Waals surface area contributed by atoms with E-state index in [9.17, 15) is 14.0 Å². The van der Waals surface area contributed by atoms with Crippen molar-refractivity contribution in [2.45, 2.75) is 0 Å². The lowest BCUT2D eigenvalue weighted by Crippen LogP contribution is -2.17. The summed E-state index contributed by atoms with van der Waals surface area (Å²) in [5, 5.41) is 3.22. The van der Waals surface area contributed by atoms with Crippen LogP contribution in [-0.2, 0) is 0 Å². The Morgan fingerprint density at radius 2 is 1.78 bits per heavy atom. The van der Waals surface area contributed by atoms with Crippen molar-refractivity contribution in [3.05, 3.63) is 94.8 Å². The van der Waals surface area contributed by atoms with Crippen LogP contribution >= 0.6 is 0 Å². The molecule has 0 aliphatic heterocycles. The third-order valence-electron chi connectivity index (χ3n) is 4.18. The van der Waals surface area contributed by atoms with E-state index in [1.165, 1.54) is 24.3 Å². The van der Waals surface area contributed by atoms with Gasteiger partial charge in [0.05, 0.1) is 5.56 Å². The molecule has 2 N–H and O–H groups in total. The van der Waals surface area contributed by atoms with E-state index in [4.69, 9.17) is 0 Å². The number of hydrogen-bond acceptors (Lipinski definition) is 3. The summed E-state index contributed by atoms with van der Waals surface area (Å²) in [6.07, 6.45) is 3.37. The molecule has 0 aliphatic rings. The van der Waals surface area contributed by atoms with Crippen molar-refractivity contribution >= 4 is 22.5 Å². The van der Waals surface area contributed by atoms with E-state index in [2.05, 4.69) is 15.3 Å². The molecular weight excluding hydrogens is 345 g/mol. The minimum atomic E-state index is -0.478. The van der Waals surface area contributed by atoms with Gasteiger partial charge in [0.25, 0.3) is 5.91 Å². The quantitative estimate of drug-likeness (QED) is 0.581. The number of anilines is 1. The number of nitrogens with one attached hydrogen (secondary N) is 2. The van der Waals surface area contributed by atoms with Crippen molar-refractivity contribution in [1.29, 1.82) is 0 Å². The molecule has 0 saturated carbocycles. The highest BCUT2D eigenvalue weighted by Crippen LogP contribution is 2.24. The number of aromatic nitrogens is 2. The first-order chi connectivity index (χ1) is 13.1. The number of benzene rings is 2. The van der Waals surface area contributed by atoms with E-state index in [0.29, 0.717) is 16.6 Å². The highest BCUT2D eigenvalue weighted by molar-refractivity contribution is 6.12. The summed E-state index contributed by atoms with van der Waals surface area (Å²) in [5.74, 6) is -0.932. The highest BCUT2D eigenvalue weighted by atomic mass is 19.1. The van der Waals surface area contributed by atoms with Crippen molar-refractivity contribution in [3.63, 3.8) is 0 Å². The third-order valence-corrected chi connectivity index (χ3v) is 4.18. The fourth-order valence-corrected chi connectivity index (χ4v) is 2.94. The van der Waals surface area contributed by atoms with Crippen LogP contribution < -0.4 is 10.9 Å². The Kier molecular flexibility index (Phi) is 4.22. The van der Waals surface area contributed by atoms with Crippen LogP contribution in [-0.4, -0.2) is 15.9 Å². The molecule has 1 amide bonds. The molecule has 0 fully saturated rings. The molecule has 2 heterocycles. The number of rotatable bonds is 3. The van der Waals surface area contributed by atoms with Gasteiger partial charge in [0.15, 0.2) is 0 Å². The number of carbonyl (C=O) groups excluding carboxylic acids is 1. The summed E-state index contributed by atoms with van der Waals surface area (Å²) in [5.41, 5.74) is 2.53. The number of halogens is 1. The number of pyridine rings is 2. The lowest BCUT2D eigenvalue weighted by Gasteiger charge is -2.09. The molecule has 5 nitrogen and oxygen atoms in total. The maximum Gasteiger partial charge on any atom is 0.256 e. The van der Waals surface area contributed by atoms with Crippen LogP contribution in [0.5, 0.6) is 0 Å². The summed E-state index contributed by atoms with van der Waals surface area (Å²) < 4.78 is 13.3. The average Bonchev–Trinajstić information content (AvgIpc) is 2.67. The second-order valence-corrected chi connectivity index (χ2v) is 6.01. The van der Waals surface area contributed by atoms with Crippen molar-refractivity contribution in [2.75, 3.05) is 5.32 Å². The van der Waals surface area contributed by atoms with Crippen molar-refractivity contribution in [1.82, 2.24) is 9.97 Å². The first-order valence-electron chi connectivity index (χ1n) is 8.24. The first-order valence-corrected chi connectivity index (χ1v) is 8.24. The van der Waals surface area contributed by atoms with E-state index in [1.54, 1.807) is 24.5 Å². The number of carbonyl (C=O) groups is 1. The summed E-state index contributed by atoms with van der Waals surface area (Å²) in [7, 11) is 0. The van der Waals surface area contributed by atoms with E-state index in [-0.39, 0.29) is 5.56 Å². The minimum Gasteiger partial charge on any atom is -0.322 e. The average molecular weight is 359 g/mol. The van der Waals surface area contributed by atoms with Crippen LogP contribution in [0.2, 0.25) is 0 Å². The Morgan fingerprint density at radius 3 is 2.56 bits per heavy atom. The van der Waals surface area contributed by atoms with Crippen LogP contribution in [0.3, 0.4) is 0 Å². The summed E-state index contributed by atoms with van der Waals surface area (Å²) >= 11 is 0. The normalized spacial score (nSPS) is 10.7. The zero-order chi connectivity index (χ0) is 18.8. The summed E-state index contributed by atoms with van der Waals surface area (Å²) in [6.45, 7) is 0. The maximum absolute atomic E-state index is 13.3. The monoisotopic (exact) mass is 359 g/mol. The summed E-state index contributed by atoms with van der Waals surface area (Å²) in [4.78, 5) is 31.5. The number of fused-ring (bicyclic) bond motifs is 1. The number of H-pyrrole nitrogens is 1. The lowest BCUT2D eigenvalue weighted by molar-refractivity contribution is 0.102. The number of amides is 1. The summed E-state index contributed by atoms with van der Waals surface area (Å²) in [6, 6.07) is 16.0. The lowest BCUT2D eigenvalue weighted by atomic mass is 10.0. The molecule has 6 heteroatoms. The molecular formula is C21H14FN3O2. The van der Waals surface area contributed by atoms with Gasteiger partial charge in [0, 0.05) is 35.1 Å². The molecule has 0 aliphatic carbocycles. The van der Waals surface area contributed by atoms with Crippen LogP contribution in [0.1, 0.15) is 10.4 Å². The Hall–Kier alpha value is -3.80. The number of hydrogen-bond donors (Lipinski definition) is 2. The van der Waals surface area contributed by atoms with Gasteiger partial charge in [-0.2, -0.15) is 0 Å². The molecule has 132 valence electrons. The number of aromatic amines is 1. The van der Waals surface area contributed by atoms with Gasteiger partial charge in [-0.25, -0.2) is 4.39 Å². The van der Waals surface area contributed by atoms with Crippen LogP contribution in [0.15, 0.2) is 77.9 Å². The molecule has 0 unspecified atom stereocenters. The molecule has 0 spiro atoms. The topological polar surface area (TPSA) is 74.8 Å². The van der Waals surface area contributed by atoms with Gasteiger partial charge in [-0.3, -0.25) is 14.6 Å². The molecule has 0 radical (unpaired) electrons. The Morgan fingerprint density at radius 1 is 0.963 bits per heavy atom. The first kappa shape index (κ1) is 16.7. The van der Waals surface area contributed by atoms with Gasteiger partial charge in [-0.15, -0.1) is 0 Å². The van der Waals surface area contributed by atoms with Gasteiger partial charge in [0.1, 0.15) is 5.82 Å². The Bertz CT molecular complexity index is 1200. The zero-order valence-electron chi connectivity index (χ0n) is 14.1. The molecule has 27 heavy (non-hydrogen) atoms. The molecule has 0 bridgehead atoms. The molecule has 2 aromatic carbocycles. The van der Waals surface area contributed by atoms with E-state index >= 15 is 0 Å². The molecule has 0 saturated heterocycles. The Labute approximate surface area is 153 Å². The second-order valence-electron chi connectivity index (χ2n) is 6.01. The van der Waals surface area contributed by atoms with Crippen molar-refractivity contribution in [3.8, 4) is 11.1 Å². The number of nitrogens with zero attached hydrogens (tertiary/aromatic N) is 1. The van der Waals surface area contributed by atoms with Crippen LogP contribution in [0.25, 0.3) is 22.0 Å².